The Bertz CT molecular complexity index is 859. The Morgan fingerprint density at radius 3 is 2.65 bits per heavy atom. The molecule has 3 heterocycles. The highest BCUT2D eigenvalue weighted by Gasteiger charge is 2.75. The minimum Gasteiger partial charge on any atom is -0.466 e. The third-order valence-electron chi connectivity index (χ3n) is 6.67. The van der Waals surface area contributed by atoms with Gasteiger partial charge in [0.2, 0.25) is 11.8 Å². The largest absolute Gasteiger partial charge is 0.466 e. The van der Waals surface area contributed by atoms with E-state index in [1.54, 1.807) is 6.92 Å². The molecule has 2 bridgehead atoms. The molecule has 1 aromatic carbocycles. The van der Waals surface area contributed by atoms with Gasteiger partial charge in [0, 0.05) is 6.04 Å². The van der Waals surface area contributed by atoms with Crippen molar-refractivity contribution in [2.45, 2.75) is 63.4 Å². The first-order chi connectivity index (χ1) is 14.9. The van der Waals surface area contributed by atoms with Gasteiger partial charge in [0.05, 0.1) is 37.2 Å². The van der Waals surface area contributed by atoms with E-state index in [1.807, 2.05) is 44.2 Å². The predicted molar refractivity (Wildman–Crippen MR) is 111 cm³/mol. The topological polar surface area (TPSA) is 105 Å². The van der Waals surface area contributed by atoms with Gasteiger partial charge in [0.15, 0.2) is 0 Å². The van der Waals surface area contributed by atoms with Crippen LogP contribution in [0.1, 0.15) is 45.2 Å². The number of nitrogens with zero attached hydrogens (tertiary/aromatic N) is 1. The molecule has 2 N–H and O–H groups in total. The van der Waals surface area contributed by atoms with Gasteiger partial charge in [-0.3, -0.25) is 14.4 Å². The molecule has 0 saturated carbocycles. The summed E-state index contributed by atoms with van der Waals surface area (Å²) in [7, 11) is 0. The Balaban J connectivity index is 1.80. The summed E-state index contributed by atoms with van der Waals surface area (Å²) in [6.45, 7) is 5.28. The fraction of sp³-hybridized carbons (Fsp3) is 0.609. The Morgan fingerprint density at radius 2 is 2.03 bits per heavy atom. The van der Waals surface area contributed by atoms with Gasteiger partial charge in [-0.05, 0) is 39.2 Å². The SMILES string of the molecule is CCOC(=O)[C@@H]1[C@H]2C(=O)N([C@H](CO)c3ccccc3)C(C(=O)NC(C)C)C23CC[C@H]1O3. The van der Waals surface area contributed by atoms with Gasteiger partial charge in [0.1, 0.15) is 11.6 Å². The number of carbonyl (C=O) groups excluding carboxylic acids is 3. The molecule has 3 aliphatic rings. The van der Waals surface area contributed by atoms with Gasteiger partial charge in [-0.2, -0.15) is 0 Å². The van der Waals surface area contributed by atoms with Crippen LogP contribution in [0.5, 0.6) is 0 Å². The number of carbonyl (C=O) groups is 3. The van der Waals surface area contributed by atoms with E-state index in [2.05, 4.69) is 5.32 Å². The monoisotopic (exact) mass is 430 g/mol. The van der Waals surface area contributed by atoms with E-state index in [0.717, 1.165) is 5.56 Å². The molecule has 8 heteroatoms. The lowest BCUT2D eigenvalue weighted by molar-refractivity contribution is -0.155. The lowest BCUT2D eigenvalue weighted by Gasteiger charge is -2.37. The first kappa shape index (κ1) is 21.8. The van der Waals surface area contributed by atoms with Crippen LogP contribution in [0, 0.1) is 11.8 Å². The number of ether oxygens (including phenoxy) is 2. The number of aliphatic hydroxyl groups excluding tert-OH is 1. The van der Waals surface area contributed by atoms with Gasteiger partial charge < -0.3 is 24.8 Å². The molecule has 2 amide bonds. The van der Waals surface area contributed by atoms with E-state index in [1.165, 1.54) is 4.90 Å². The minimum atomic E-state index is -1.10. The maximum atomic E-state index is 13.8. The van der Waals surface area contributed by atoms with E-state index in [0.29, 0.717) is 12.8 Å². The van der Waals surface area contributed by atoms with Crippen molar-refractivity contribution >= 4 is 17.8 Å². The Labute approximate surface area is 181 Å². The first-order valence-electron chi connectivity index (χ1n) is 11.0. The molecule has 3 fully saturated rings. The summed E-state index contributed by atoms with van der Waals surface area (Å²) >= 11 is 0. The van der Waals surface area contributed by atoms with E-state index < -0.39 is 41.6 Å². The van der Waals surface area contributed by atoms with E-state index in [-0.39, 0.29) is 31.1 Å². The minimum absolute atomic E-state index is 0.135. The molecule has 31 heavy (non-hydrogen) atoms. The highest BCUT2D eigenvalue weighted by molar-refractivity contribution is 5.98. The van der Waals surface area contributed by atoms with Crippen LogP contribution in [0.4, 0.5) is 0 Å². The normalized spacial score (nSPS) is 32.3. The highest BCUT2D eigenvalue weighted by atomic mass is 16.6. The summed E-state index contributed by atoms with van der Waals surface area (Å²) in [6.07, 6.45) is 0.652. The lowest BCUT2D eigenvalue weighted by atomic mass is 9.70. The van der Waals surface area contributed by atoms with Crippen molar-refractivity contribution in [2.75, 3.05) is 13.2 Å². The number of amides is 2. The van der Waals surface area contributed by atoms with Crippen LogP contribution in [-0.2, 0) is 23.9 Å². The van der Waals surface area contributed by atoms with Crippen LogP contribution in [0.3, 0.4) is 0 Å². The molecule has 3 saturated heterocycles. The molecule has 2 unspecified atom stereocenters. The second-order valence-corrected chi connectivity index (χ2v) is 8.83. The van der Waals surface area contributed by atoms with Gasteiger partial charge in [0.25, 0.3) is 0 Å². The predicted octanol–water partition coefficient (Wildman–Crippen LogP) is 1.18. The van der Waals surface area contributed by atoms with Crippen molar-refractivity contribution in [1.29, 1.82) is 0 Å². The summed E-state index contributed by atoms with van der Waals surface area (Å²) in [4.78, 5) is 41.4. The van der Waals surface area contributed by atoms with Crippen LogP contribution in [0.2, 0.25) is 0 Å². The van der Waals surface area contributed by atoms with Gasteiger partial charge in [-0.15, -0.1) is 0 Å². The molecule has 8 nitrogen and oxygen atoms in total. The zero-order chi connectivity index (χ0) is 22.3. The molecule has 3 aliphatic heterocycles. The van der Waals surface area contributed by atoms with Crippen molar-refractivity contribution in [3.05, 3.63) is 35.9 Å². The number of benzene rings is 1. The van der Waals surface area contributed by atoms with E-state index >= 15 is 0 Å². The molecule has 0 aromatic heterocycles. The quantitative estimate of drug-likeness (QED) is 0.630. The molecule has 1 aromatic rings. The van der Waals surface area contributed by atoms with Gasteiger partial charge >= 0.3 is 5.97 Å². The number of fused-ring (bicyclic) bond motifs is 1. The Morgan fingerprint density at radius 1 is 1.32 bits per heavy atom. The summed E-state index contributed by atoms with van der Waals surface area (Å²) in [6, 6.07) is 7.34. The number of rotatable bonds is 7. The highest BCUT2D eigenvalue weighted by Crippen LogP contribution is 2.59. The van der Waals surface area contributed by atoms with Crippen molar-refractivity contribution in [1.82, 2.24) is 10.2 Å². The second kappa shape index (κ2) is 8.24. The molecule has 0 radical (unpaired) electrons. The maximum absolute atomic E-state index is 13.8. The summed E-state index contributed by atoms with van der Waals surface area (Å²) in [5, 5.41) is 13.2. The zero-order valence-electron chi connectivity index (χ0n) is 18.1. The van der Waals surface area contributed by atoms with Crippen LogP contribution in [0.15, 0.2) is 30.3 Å². The second-order valence-electron chi connectivity index (χ2n) is 8.83. The number of esters is 1. The van der Waals surface area contributed by atoms with Crippen molar-refractivity contribution in [2.24, 2.45) is 11.8 Å². The van der Waals surface area contributed by atoms with Gasteiger partial charge in [-0.25, -0.2) is 0 Å². The van der Waals surface area contributed by atoms with Crippen LogP contribution >= 0.6 is 0 Å². The third kappa shape index (κ3) is 3.32. The Hall–Kier alpha value is -2.45. The zero-order valence-corrected chi connectivity index (χ0v) is 18.1. The fourth-order valence-electron chi connectivity index (χ4n) is 5.63. The van der Waals surface area contributed by atoms with Crippen molar-refractivity contribution in [3.8, 4) is 0 Å². The van der Waals surface area contributed by atoms with Crippen molar-refractivity contribution in [3.63, 3.8) is 0 Å². The molecular formula is C23H30N2O6. The smallest absolute Gasteiger partial charge is 0.312 e. The average molecular weight is 431 g/mol. The fourth-order valence-corrected chi connectivity index (χ4v) is 5.63. The van der Waals surface area contributed by atoms with Crippen LogP contribution in [-0.4, -0.2) is 64.8 Å². The summed E-state index contributed by atoms with van der Waals surface area (Å²) in [5.74, 6) is -2.67. The number of nitrogens with one attached hydrogen (secondary N) is 1. The third-order valence-corrected chi connectivity index (χ3v) is 6.67. The number of hydrogen-bond donors (Lipinski definition) is 2. The van der Waals surface area contributed by atoms with Crippen LogP contribution < -0.4 is 5.32 Å². The lowest BCUT2D eigenvalue weighted by Crippen LogP contribution is -2.57. The maximum Gasteiger partial charge on any atom is 0.312 e. The first-order valence-corrected chi connectivity index (χ1v) is 11.0. The molecular weight excluding hydrogens is 400 g/mol. The number of hydrogen-bond acceptors (Lipinski definition) is 6. The standard InChI is InChI=1S/C23H30N2O6/c1-4-30-22(29)17-16-10-11-23(31-16)18(17)21(28)25(19(23)20(27)24-13(2)3)15(12-26)14-8-6-5-7-9-14/h5-9,13,15-19,26H,4,10-12H2,1-3H3,(H,24,27)/t15-,16-,17+,18+,19?,23?/m1/s1. The number of likely N-dealkylation sites (tertiary alicyclic amines) is 1. The molecule has 168 valence electrons. The Kier molecular flexibility index (Phi) is 5.79. The number of aliphatic hydroxyl groups is 1. The average Bonchev–Trinajstić information content (AvgIpc) is 3.37. The molecule has 1 spiro atoms. The van der Waals surface area contributed by atoms with Gasteiger partial charge in [-0.1, -0.05) is 30.3 Å². The molecule has 6 atom stereocenters. The van der Waals surface area contributed by atoms with Crippen molar-refractivity contribution < 1.29 is 29.0 Å². The molecule has 4 rings (SSSR count). The van der Waals surface area contributed by atoms with E-state index in [9.17, 15) is 19.5 Å². The van der Waals surface area contributed by atoms with E-state index in [4.69, 9.17) is 9.47 Å². The molecule has 0 aliphatic carbocycles. The summed E-state index contributed by atoms with van der Waals surface area (Å²) < 4.78 is 11.6. The summed E-state index contributed by atoms with van der Waals surface area (Å²) in [5.41, 5.74) is -0.375. The van der Waals surface area contributed by atoms with Crippen LogP contribution in [0.25, 0.3) is 0 Å².